The molecule has 3 atom stereocenters. The number of fused-ring (bicyclic) bond motifs is 1. The number of nitrogens with zero attached hydrogens (tertiary/aromatic N) is 2. The molecule has 35 heavy (non-hydrogen) atoms. The minimum Gasteiger partial charge on any atom is -0.489 e. The van der Waals surface area contributed by atoms with Crippen molar-refractivity contribution in [1.29, 1.82) is 0 Å². The summed E-state index contributed by atoms with van der Waals surface area (Å²) in [5.41, 5.74) is 3.31. The van der Waals surface area contributed by atoms with Crippen LogP contribution in [0.2, 0.25) is 0 Å². The van der Waals surface area contributed by atoms with Crippen molar-refractivity contribution >= 4 is 17.6 Å². The average Bonchev–Trinajstić information content (AvgIpc) is 3.38. The Bertz CT molecular complexity index is 994. The van der Waals surface area contributed by atoms with Crippen LogP contribution in [0.25, 0.3) is 0 Å². The number of hydrogen-bond acceptors (Lipinski definition) is 6. The molecule has 4 rings (SSSR count). The standard InChI is InChI=1S/C25H32N2O2.C2H2O4/c1-19(2)14-15-22(26-16-8-9-17-26)25(28)27-21-12-6-7-13-24(21)29-18-23(27)20-10-4-3-5-11-20;3-1(4)2(5)6/h3-7,10-13,22-23,25,28H,1,8-9,14-18H2,2H3;(H,3,4)(H,5,6). The number of hydrogen-bond donors (Lipinski definition) is 3. The summed E-state index contributed by atoms with van der Waals surface area (Å²) in [7, 11) is 0. The summed E-state index contributed by atoms with van der Waals surface area (Å²) >= 11 is 0. The number of rotatable bonds is 7. The van der Waals surface area contributed by atoms with Gasteiger partial charge in [-0.25, -0.2) is 9.59 Å². The Hall–Kier alpha value is -3.36. The predicted molar refractivity (Wildman–Crippen MR) is 134 cm³/mol. The molecule has 3 N–H and O–H groups in total. The summed E-state index contributed by atoms with van der Waals surface area (Å²) in [6, 6.07) is 18.5. The number of aliphatic carboxylic acids is 2. The molecule has 0 spiro atoms. The maximum Gasteiger partial charge on any atom is 0.414 e. The molecule has 0 amide bonds. The van der Waals surface area contributed by atoms with Crippen LogP contribution in [0.4, 0.5) is 5.69 Å². The van der Waals surface area contributed by atoms with Crippen molar-refractivity contribution in [2.45, 2.75) is 50.9 Å². The number of carbonyl (C=O) groups is 2. The number of para-hydroxylation sites is 2. The molecule has 2 aliphatic heterocycles. The number of aliphatic hydroxyl groups is 1. The highest BCUT2D eigenvalue weighted by Crippen LogP contribution is 2.41. The Balaban J connectivity index is 0.000000509. The van der Waals surface area contributed by atoms with Crippen LogP contribution in [0.3, 0.4) is 0 Å². The quantitative estimate of drug-likeness (QED) is 0.402. The molecule has 0 aliphatic carbocycles. The Morgan fingerprint density at radius 2 is 1.63 bits per heavy atom. The fraction of sp³-hybridized carbons (Fsp3) is 0.407. The molecular weight excluding hydrogens is 448 g/mol. The van der Waals surface area contributed by atoms with Crippen molar-refractivity contribution < 1.29 is 29.6 Å². The van der Waals surface area contributed by atoms with Crippen LogP contribution in [-0.4, -0.2) is 64.1 Å². The largest absolute Gasteiger partial charge is 0.489 e. The van der Waals surface area contributed by atoms with E-state index >= 15 is 0 Å². The molecule has 0 saturated carbocycles. The number of benzene rings is 2. The second-order valence-corrected chi connectivity index (χ2v) is 8.94. The van der Waals surface area contributed by atoms with E-state index in [0.29, 0.717) is 6.61 Å². The van der Waals surface area contributed by atoms with Gasteiger partial charge in [-0.3, -0.25) is 4.90 Å². The van der Waals surface area contributed by atoms with Gasteiger partial charge in [0.05, 0.1) is 17.8 Å². The molecule has 1 fully saturated rings. The fourth-order valence-corrected chi connectivity index (χ4v) is 4.64. The first-order chi connectivity index (χ1) is 16.8. The Morgan fingerprint density at radius 1 is 1.03 bits per heavy atom. The molecule has 8 nitrogen and oxygen atoms in total. The molecule has 3 unspecified atom stereocenters. The summed E-state index contributed by atoms with van der Waals surface area (Å²) in [5, 5.41) is 26.6. The SMILES string of the molecule is C=C(C)CCC(C(O)N1c2ccccc2OCC1c1ccccc1)N1CCCC1.O=C(O)C(=O)O. The lowest BCUT2D eigenvalue weighted by Crippen LogP contribution is -2.54. The molecule has 188 valence electrons. The van der Waals surface area contributed by atoms with E-state index in [4.69, 9.17) is 24.5 Å². The van der Waals surface area contributed by atoms with Gasteiger partial charge >= 0.3 is 11.9 Å². The maximum atomic E-state index is 11.8. The lowest BCUT2D eigenvalue weighted by Gasteiger charge is -2.46. The van der Waals surface area contributed by atoms with Gasteiger partial charge in [0.15, 0.2) is 0 Å². The zero-order valence-electron chi connectivity index (χ0n) is 20.0. The number of aliphatic hydroxyl groups excluding tert-OH is 1. The van der Waals surface area contributed by atoms with Crippen LogP contribution in [0.15, 0.2) is 66.7 Å². The molecular formula is C27H34N2O6. The number of likely N-dealkylation sites (tertiary alicyclic amines) is 1. The smallest absolute Gasteiger partial charge is 0.414 e. The van der Waals surface area contributed by atoms with Gasteiger partial charge in [-0.05, 0) is 63.4 Å². The van der Waals surface area contributed by atoms with E-state index in [1.165, 1.54) is 24.0 Å². The number of carboxylic acid groups (broad SMARTS) is 2. The molecule has 0 bridgehead atoms. The zero-order chi connectivity index (χ0) is 25.4. The molecule has 0 radical (unpaired) electrons. The van der Waals surface area contributed by atoms with E-state index in [1.54, 1.807) is 0 Å². The highest BCUT2D eigenvalue weighted by atomic mass is 16.5. The van der Waals surface area contributed by atoms with Crippen molar-refractivity contribution in [3.05, 3.63) is 72.3 Å². The van der Waals surface area contributed by atoms with Crippen LogP contribution in [0.5, 0.6) is 5.75 Å². The molecule has 1 saturated heterocycles. The summed E-state index contributed by atoms with van der Waals surface area (Å²) in [6.07, 6.45) is 3.65. The lowest BCUT2D eigenvalue weighted by molar-refractivity contribution is -0.159. The van der Waals surface area contributed by atoms with Gasteiger partial charge in [0.2, 0.25) is 0 Å². The Labute approximate surface area is 206 Å². The van der Waals surface area contributed by atoms with Gasteiger partial charge in [-0.15, -0.1) is 6.58 Å². The van der Waals surface area contributed by atoms with Crippen molar-refractivity contribution in [2.24, 2.45) is 0 Å². The molecule has 0 aromatic heterocycles. The highest BCUT2D eigenvalue weighted by Gasteiger charge is 2.39. The van der Waals surface area contributed by atoms with E-state index in [2.05, 4.69) is 53.6 Å². The summed E-state index contributed by atoms with van der Waals surface area (Å²) in [6.45, 7) is 8.81. The van der Waals surface area contributed by atoms with Crippen LogP contribution in [0, 0.1) is 0 Å². The highest BCUT2D eigenvalue weighted by molar-refractivity contribution is 6.27. The minimum absolute atomic E-state index is 0.0176. The van der Waals surface area contributed by atoms with Gasteiger partial charge in [0.1, 0.15) is 18.6 Å². The topological polar surface area (TPSA) is 111 Å². The van der Waals surface area contributed by atoms with Gasteiger partial charge in [-0.2, -0.15) is 0 Å². The first-order valence-electron chi connectivity index (χ1n) is 11.9. The summed E-state index contributed by atoms with van der Waals surface area (Å²) < 4.78 is 6.09. The van der Waals surface area contributed by atoms with Gasteiger partial charge in [-0.1, -0.05) is 48.0 Å². The van der Waals surface area contributed by atoms with Crippen LogP contribution in [0.1, 0.15) is 44.2 Å². The molecule has 8 heteroatoms. The number of ether oxygens (including phenoxy) is 1. The van der Waals surface area contributed by atoms with Crippen LogP contribution < -0.4 is 9.64 Å². The summed E-state index contributed by atoms with van der Waals surface area (Å²) in [5.74, 6) is -2.80. The van der Waals surface area contributed by atoms with Gasteiger partial charge < -0.3 is 25.0 Å². The van der Waals surface area contributed by atoms with E-state index in [0.717, 1.165) is 37.4 Å². The molecule has 2 heterocycles. The van der Waals surface area contributed by atoms with Crippen LogP contribution in [-0.2, 0) is 9.59 Å². The molecule has 2 aromatic carbocycles. The predicted octanol–water partition coefficient (Wildman–Crippen LogP) is 3.92. The van der Waals surface area contributed by atoms with E-state index in [9.17, 15) is 5.11 Å². The average molecular weight is 483 g/mol. The number of allylic oxidation sites excluding steroid dienone is 1. The van der Waals surface area contributed by atoms with Crippen molar-refractivity contribution in [3.8, 4) is 5.75 Å². The summed E-state index contributed by atoms with van der Waals surface area (Å²) in [4.78, 5) is 22.9. The van der Waals surface area contributed by atoms with E-state index in [-0.39, 0.29) is 12.1 Å². The normalized spacial score (nSPS) is 18.9. The van der Waals surface area contributed by atoms with Gasteiger partial charge in [0.25, 0.3) is 0 Å². The van der Waals surface area contributed by atoms with E-state index in [1.807, 2.05) is 24.3 Å². The first kappa shape index (κ1) is 26.2. The second kappa shape index (κ2) is 12.4. The third-order valence-electron chi connectivity index (χ3n) is 6.35. The van der Waals surface area contributed by atoms with Crippen molar-refractivity contribution in [3.63, 3.8) is 0 Å². The number of anilines is 1. The molecule has 2 aliphatic rings. The molecule has 2 aromatic rings. The Kier molecular flexibility index (Phi) is 9.28. The zero-order valence-corrected chi connectivity index (χ0v) is 20.0. The van der Waals surface area contributed by atoms with Crippen LogP contribution >= 0.6 is 0 Å². The fourth-order valence-electron chi connectivity index (χ4n) is 4.64. The maximum absolute atomic E-state index is 11.8. The first-order valence-corrected chi connectivity index (χ1v) is 11.9. The second-order valence-electron chi connectivity index (χ2n) is 8.94. The lowest BCUT2D eigenvalue weighted by atomic mass is 9.98. The minimum atomic E-state index is -1.82. The van der Waals surface area contributed by atoms with Crippen molar-refractivity contribution in [2.75, 3.05) is 24.6 Å². The third kappa shape index (κ3) is 6.83. The monoisotopic (exact) mass is 482 g/mol. The third-order valence-corrected chi connectivity index (χ3v) is 6.35. The Morgan fingerprint density at radius 3 is 2.23 bits per heavy atom. The van der Waals surface area contributed by atoms with E-state index < -0.39 is 18.2 Å². The number of carboxylic acids is 2. The van der Waals surface area contributed by atoms with Gasteiger partial charge in [0, 0.05) is 0 Å². The van der Waals surface area contributed by atoms with Crippen molar-refractivity contribution in [1.82, 2.24) is 4.90 Å².